The van der Waals surface area contributed by atoms with E-state index in [9.17, 15) is 4.79 Å². The quantitative estimate of drug-likeness (QED) is 0.908. The Morgan fingerprint density at radius 2 is 2.20 bits per heavy atom. The summed E-state index contributed by atoms with van der Waals surface area (Å²) in [6, 6.07) is 9.65. The fourth-order valence-corrected chi connectivity index (χ4v) is 2.16. The van der Waals surface area contributed by atoms with Crippen molar-refractivity contribution < 1.29 is 4.79 Å². The fraction of sp³-hybridized carbons (Fsp3) is 0.375. The van der Waals surface area contributed by atoms with E-state index in [1.165, 1.54) is 0 Å². The number of nitrogens with one attached hydrogen (secondary N) is 1. The summed E-state index contributed by atoms with van der Waals surface area (Å²) in [4.78, 5) is 12.2. The van der Waals surface area contributed by atoms with Crippen LogP contribution in [0.3, 0.4) is 0 Å². The van der Waals surface area contributed by atoms with Gasteiger partial charge in [-0.05, 0) is 44.5 Å². The van der Waals surface area contributed by atoms with Crippen molar-refractivity contribution >= 4 is 5.91 Å². The van der Waals surface area contributed by atoms with E-state index >= 15 is 0 Å². The molecule has 2 rings (SSSR count). The number of rotatable bonds is 5. The van der Waals surface area contributed by atoms with Gasteiger partial charge in [-0.2, -0.15) is 5.10 Å². The molecule has 0 aliphatic carbocycles. The summed E-state index contributed by atoms with van der Waals surface area (Å²) in [5.41, 5.74) is 2.52. The van der Waals surface area contributed by atoms with E-state index in [0.717, 1.165) is 24.2 Å². The molecule has 106 valence electrons. The van der Waals surface area contributed by atoms with Gasteiger partial charge in [0.1, 0.15) is 0 Å². The highest BCUT2D eigenvalue weighted by molar-refractivity contribution is 5.94. The second kappa shape index (κ2) is 6.37. The SMILES string of the molecule is CCCC(C)NC(=O)c1cccc(-n2ccc(C)n2)c1. The van der Waals surface area contributed by atoms with Gasteiger partial charge in [0.05, 0.1) is 11.4 Å². The van der Waals surface area contributed by atoms with Crippen LogP contribution in [0, 0.1) is 6.92 Å². The number of hydrogen-bond acceptors (Lipinski definition) is 2. The third-order valence-electron chi connectivity index (χ3n) is 3.19. The maximum Gasteiger partial charge on any atom is 0.251 e. The zero-order chi connectivity index (χ0) is 14.5. The Labute approximate surface area is 119 Å². The fourth-order valence-electron chi connectivity index (χ4n) is 2.16. The largest absolute Gasteiger partial charge is 0.350 e. The molecule has 0 bridgehead atoms. The molecule has 1 aromatic carbocycles. The van der Waals surface area contributed by atoms with Crippen LogP contribution in [0.2, 0.25) is 0 Å². The van der Waals surface area contributed by atoms with Gasteiger partial charge in [-0.1, -0.05) is 19.4 Å². The summed E-state index contributed by atoms with van der Waals surface area (Å²) in [6.07, 6.45) is 3.95. The Balaban J connectivity index is 2.15. The maximum absolute atomic E-state index is 12.2. The number of aryl methyl sites for hydroxylation is 1. The lowest BCUT2D eigenvalue weighted by molar-refractivity contribution is 0.0938. The average molecular weight is 271 g/mol. The lowest BCUT2D eigenvalue weighted by atomic mass is 10.1. The molecule has 1 unspecified atom stereocenters. The zero-order valence-electron chi connectivity index (χ0n) is 12.3. The monoisotopic (exact) mass is 271 g/mol. The average Bonchev–Trinajstić information content (AvgIpc) is 2.86. The first-order valence-corrected chi connectivity index (χ1v) is 7.03. The van der Waals surface area contributed by atoms with Crippen LogP contribution in [0.25, 0.3) is 5.69 Å². The molecule has 1 N–H and O–H groups in total. The van der Waals surface area contributed by atoms with Gasteiger partial charge in [0.15, 0.2) is 0 Å². The van der Waals surface area contributed by atoms with Gasteiger partial charge < -0.3 is 5.32 Å². The minimum Gasteiger partial charge on any atom is -0.350 e. The molecule has 0 radical (unpaired) electrons. The molecule has 1 amide bonds. The Bertz CT molecular complexity index is 589. The number of aromatic nitrogens is 2. The van der Waals surface area contributed by atoms with Crippen LogP contribution in [-0.2, 0) is 0 Å². The van der Waals surface area contributed by atoms with Crippen molar-refractivity contribution in [3.05, 3.63) is 47.8 Å². The Hall–Kier alpha value is -2.10. The molecule has 4 nitrogen and oxygen atoms in total. The minimum absolute atomic E-state index is 0.0309. The van der Waals surface area contributed by atoms with Crippen molar-refractivity contribution in [3.63, 3.8) is 0 Å². The molecule has 1 heterocycles. The first kappa shape index (κ1) is 14.3. The summed E-state index contributed by atoms with van der Waals surface area (Å²) in [5, 5.41) is 7.37. The molecule has 20 heavy (non-hydrogen) atoms. The molecular weight excluding hydrogens is 250 g/mol. The van der Waals surface area contributed by atoms with E-state index in [0.29, 0.717) is 5.56 Å². The number of carbonyl (C=O) groups is 1. The van der Waals surface area contributed by atoms with Crippen molar-refractivity contribution in [2.45, 2.75) is 39.7 Å². The van der Waals surface area contributed by atoms with Gasteiger partial charge in [-0.25, -0.2) is 4.68 Å². The maximum atomic E-state index is 12.2. The zero-order valence-corrected chi connectivity index (χ0v) is 12.3. The van der Waals surface area contributed by atoms with E-state index < -0.39 is 0 Å². The van der Waals surface area contributed by atoms with Crippen LogP contribution in [-0.4, -0.2) is 21.7 Å². The highest BCUT2D eigenvalue weighted by Gasteiger charge is 2.10. The van der Waals surface area contributed by atoms with Crippen molar-refractivity contribution in [1.82, 2.24) is 15.1 Å². The summed E-state index contributed by atoms with van der Waals surface area (Å²) in [7, 11) is 0. The van der Waals surface area contributed by atoms with Crippen LogP contribution in [0.4, 0.5) is 0 Å². The molecule has 1 atom stereocenters. The van der Waals surface area contributed by atoms with E-state index in [2.05, 4.69) is 17.3 Å². The highest BCUT2D eigenvalue weighted by Crippen LogP contribution is 2.11. The molecule has 4 heteroatoms. The van der Waals surface area contributed by atoms with Gasteiger partial charge >= 0.3 is 0 Å². The summed E-state index contributed by atoms with van der Waals surface area (Å²) < 4.78 is 1.78. The standard InChI is InChI=1S/C16H21N3O/c1-4-6-12(2)17-16(20)14-7-5-8-15(11-14)19-10-9-13(3)18-19/h5,7-12H,4,6H2,1-3H3,(H,17,20). The van der Waals surface area contributed by atoms with Crippen molar-refractivity contribution in [2.24, 2.45) is 0 Å². The Morgan fingerprint density at radius 3 is 2.85 bits per heavy atom. The smallest absolute Gasteiger partial charge is 0.251 e. The van der Waals surface area contributed by atoms with Crippen molar-refractivity contribution in [3.8, 4) is 5.69 Å². The topological polar surface area (TPSA) is 46.9 Å². The van der Waals surface area contributed by atoms with Gasteiger partial charge in [0.2, 0.25) is 0 Å². The number of nitrogens with zero attached hydrogens (tertiary/aromatic N) is 2. The normalized spacial score (nSPS) is 12.2. The molecule has 0 aliphatic heterocycles. The van der Waals surface area contributed by atoms with E-state index in [-0.39, 0.29) is 11.9 Å². The Kier molecular flexibility index (Phi) is 4.56. The number of hydrogen-bond donors (Lipinski definition) is 1. The van der Waals surface area contributed by atoms with Gasteiger partial charge in [0.25, 0.3) is 5.91 Å². The lowest BCUT2D eigenvalue weighted by Gasteiger charge is -2.13. The van der Waals surface area contributed by atoms with Crippen LogP contribution >= 0.6 is 0 Å². The summed E-state index contributed by atoms with van der Waals surface area (Å²) in [5.74, 6) is -0.0309. The second-order valence-electron chi connectivity index (χ2n) is 5.12. The van der Waals surface area contributed by atoms with E-state index in [1.54, 1.807) is 4.68 Å². The molecule has 0 spiro atoms. The molecule has 1 aromatic heterocycles. The van der Waals surface area contributed by atoms with Crippen molar-refractivity contribution in [2.75, 3.05) is 0 Å². The third kappa shape index (κ3) is 3.47. The van der Waals surface area contributed by atoms with E-state index in [1.807, 2.05) is 50.4 Å². The molecule has 0 aliphatic rings. The number of benzene rings is 1. The predicted molar refractivity (Wildman–Crippen MR) is 80.1 cm³/mol. The highest BCUT2D eigenvalue weighted by atomic mass is 16.1. The van der Waals surface area contributed by atoms with Gasteiger partial charge in [-0.3, -0.25) is 4.79 Å². The number of carbonyl (C=O) groups excluding carboxylic acids is 1. The first-order valence-electron chi connectivity index (χ1n) is 7.03. The van der Waals surface area contributed by atoms with Crippen LogP contribution in [0.15, 0.2) is 36.5 Å². The summed E-state index contributed by atoms with van der Waals surface area (Å²) in [6.45, 7) is 6.09. The van der Waals surface area contributed by atoms with Crippen molar-refractivity contribution in [1.29, 1.82) is 0 Å². The third-order valence-corrected chi connectivity index (χ3v) is 3.19. The summed E-state index contributed by atoms with van der Waals surface area (Å²) >= 11 is 0. The van der Waals surface area contributed by atoms with Crippen LogP contribution in [0.5, 0.6) is 0 Å². The minimum atomic E-state index is -0.0309. The Morgan fingerprint density at radius 1 is 1.40 bits per heavy atom. The molecule has 2 aromatic rings. The molecule has 0 fully saturated rings. The molecular formula is C16H21N3O. The molecule has 0 saturated heterocycles. The van der Waals surface area contributed by atoms with Gasteiger partial charge in [-0.15, -0.1) is 0 Å². The predicted octanol–water partition coefficient (Wildman–Crippen LogP) is 3.10. The molecule has 0 saturated carbocycles. The number of amides is 1. The first-order chi connectivity index (χ1) is 9.60. The van der Waals surface area contributed by atoms with Gasteiger partial charge in [0, 0.05) is 17.8 Å². The van der Waals surface area contributed by atoms with Crippen LogP contribution in [0.1, 0.15) is 42.7 Å². The lowest BCUT2D eigenvalue weighted by Crippen LogP contribution is -2.32. The second-order valence-corrected chi connectivity index (χ2v) is 5.12. The van der Waals surface area contributed by atoms with E-state index in [4.69, 9.17) is 0 Å². The van der Waals surface area contributed by atoms with Crippen LogP contribution < -0.4 is 5.32 Å².